The van der Waals surface area contributed by atoms with E-state index in [2.05, 4.69) is 6.58 Å². The molecule has 0 fully saturated rings. The molecule has 1 aromatic rings. The Kier molecular flexibility index (Phi) is 4.46. The van der Waals surface area contributed by atoms with Crippen LogP contribution in [0.15, 0.2) is 36.9 Å². The number of hydrogen-bond donors (Lipinski definition) is 2. The van der Waals surface area contributed by atoms with Gasteiger partial charge in [-0.25, -0.2) is 4.79 Å². The minimum atomic E-state index is -1.01. The molecule has 17 heavy (non-hydrogen) atoms. The third-order valence-electron chi connectivity index (χ3n) is 2.46. The van der Waals surface area contributed by atoms with Crippen LogP contribution in [0.5, 0.6) is 0 Å². The molecule has 90 valence electrons. The van der Waals surface area contributed by atoms with Crippen LogP contribution in [-0.2, 0) is 11.2 Å². The average Bonchev–Trinajstić information content (AvgIpc) is 2.28. The molecule has 0 aliphatic carbocycles. The van der Waals surface area contributed by atoms with Gasteiger partial charge in [-0.05, 0) is 30.5 Å². The van der Waals surface area contributed by atoms with Crippen LogP contribution in [0.3, 0.4) is 0 Å². The summed E-state index contributed by atoms with van der Waals surface area (Å²) in [4.78, 5) is 21.7. The molecule has 0 saturated heterocycles. The Morgan fingerprint density at radius 3 is 2.59 bits per heavy atom. The summed E-state index contributed by atoms with van der Waals surface area (Å²) < 4.78 is 0. The normalized spacial score (nSPS) is 11.8. The summed E-state index contributed by atoms with van der Waals surface area (Å²) in [6.45, 7) is 3.51. The maximum atomic E-state index is 10.9. The lowest BCUT2D eigenvalue weighted by Gasteiger charge is -2.10. The average molecular weight is 234 g/mol. The molecule has 0 spiro atoms. The highest BCUT2D eigenvalue weighted by molar-refractivity contribution is 5.87. The molecule has 0 aromatic heterocycles. The molecule has 0 unspecified atom stereocenters. The van der Waals surface area contributed by atoms with Gasteiger partial charge in [0.15, 0.2) is 0 Å². The third-order valence-corrected chi connectivity index (χ3v) is 2.46. The minimum absolute atomic E-state index is 0.172. The Morgan fingerprint density at radius 2 is 2.06 bits per heavy atom. The van der Waals surface area contributed by atoms with Gasteiger partial charge in [-0.2, -0.15) is 0 Å². The molecule has 4 heteroatoms. The lowest BCUT2D eigenvalue weighted by atomic mass is 9.95. The topological polar surface area (TPSA) is 74.6 Å². The van der Waals surface area contributed by atoms with Crippen molar-refractivity contribution in [1.82, 2.24) is 0 Å². The minimum Gasteiger partial charge on any atom is -0.481 e. The predicted octanol–water partition coefficient (Wildman–Crippen LogP) is 2.20. The molecule has 4 nitrogen and oxygen atoms in total. The number of benzene rings is 1. The molecule has 0 aliphatic rings. The van der Waals surface area contributed by atoms with Crippen molar-refractivity contribution in [3.63, 3.8) is 0 Å². The van der Waals surface area contributed by atoms with E-state index in [0.29, 0.717) is 18.4 Å². The fourth-order valence-corrected chi connectivity index (χ4v) is 1.59. The lowest BCUT2D eigenvalue weighted by Crippen LogP contribution is -2.15. The molecule has 2 N–H and O–H groups in total. The van der Waals surface area contributed by atoms with E-state index in [1.54, 1.807) is 18.2 Å². The molecule has 0 amide bonds. The number of carboxylic acids is 2. The Bertz CT molecular complexity index is 437. The van der Waals surface area contributed by atoms with E-state index in [1.165, 1.54) is 12.1 Å². The number of allylic oxidation sites excluding steroid dienone is 1. The van der Waals surface area contributed by atoms with E-state index in [1.807, 2.05) is 0 Å². The number of aliphatic carboxylic acids is 1. The number of rotatable bonds is 6. The van der Waals surface area contributed by atoms with Gasteiger partial charge in [-0.1, -0.05) is 18.2 Å². The molecule has 1 atom stereocenters. The Morgan fingerprint density at radius 1 is 1.35 bits per heavy atom. The van der Waals surface area contributed by atoms with Gasteiger partial charge < -0.3 is 10.2 Å². The van der Waals surface area contributed by atoms with Crippen LogP contribution >= 0.6 is 0 Å². The van der Waals surface area contributed by atoms with Gasteiger partial charge in [0.2, 0.25) is 0 Å². The van der Waals surface area contributed by atoms with E-state index in [9.17, 15) is 9.59 Å². The van der Waals surface area contributed by atoms with Crippen LogP contribution in [0.25, 0.3) is 0 Å². The summed E-state index contributed by atoms with van der Waals surface area (Å²) in [5.41, 5.74) is 0.879. The van der Waals surface area contributed by atoms with Gasteiger partial charge in [0.1, 0.15) is 0 Å². The Hall–Kier alpha value is -2.10. The number of carbonyl (C=O) groups is 2. The number of carboxylic acid groups (broad SMARTS) is 2. The largest absolute Gasteiger partial charge is 0.481 e. The van der Waals surface area contributed by atoms with Crippen molar-refractivity contribution in [3.05, 3.63) is 48.0 Å². The lowest BCUT2D eigenvalue weighted by molar-refractivity contribution is -0.141. The zero-order valence-electron chi connectivity index (χ0n) is 9.30. The van der Waals surface area contributed by atoms with Gasteiger partial charge in [-0.3, -0.25) is 4.79 Å². The van der Waals surface area contributed by atoms with Gasteiger partial charge in [-0.15, -0.1) is 6.58 Å². The molecule has 0 bridgehead atoms. The van der Waals surface area contributed by atoms with Crippen molar-refractivity contribution >= 4 is 11.9 Å². The van der Waals surface area contributed by atoms with Crippen LogP contribution in [0.2, 0.25) is 0 Å². The second kappa shape index (κ2) is 5.84. The fraction of sp³-hybridized carbons (Fsp3) is 0.231. The van der Waals surface area contributed by atoms with Crippen molar-refractivity contribution in [1.29, 1.82) is 0 Å². The van der Waals surface area contributed by atoms with E-state index in [4.69, 9.17) is 10.2 Å². The molecule has 0 heterocycles. The SMILES string of the molecule is C=CC[C@@H](Cc1cccc(C(=O)O)c1)C(=O)O. The summed E-state index contributed by atoms with van der Waals surface area (Å²) in [7, 11) is 0. The maximum absolute atomic E-state index is 10.9. The van der Waals surface area contributed by atoms with E-state index < -0.39 is 17.9 Å². The van der Waals surface area contributed by atoms with Crippen LogP contribution in [0.1, 0.15) is 22.3 Å². The van der Waals surface area contributed by atoms with E-state index in [0.717, 1.165) is 0 Å². The first-order valence-electron chi connectivity index (χ1n) is 5.20. The van der Waals surface area contributed by atoms with Crippen LogP contribution < -0.4 is 0 Å². The summed E-state index contributed by atoms with van der Waals surface area (Å²) in [5, 5.41) is 17.8. The first-order valence-corrected chi connectivity index (χ1v) is 5.20. The predicted molar refractivity (Wildman–Crippen MR) is 63.0 cm³/mol. The first kappa shape index (κ1) is 13.0. The standard InChI is InChI=1S/C13H14O4/c1-2-4-10(12(14)15)7-9-5-3-6-11(8-9)13(16)17/h2-3,5-6,8,10H,1,4,7H2,(H,14,15)(H,16,17)/t10-/m0/s1. The molecule has 1 rings (SSSR count). The van der Waals surface area contributed by atoms with Crippen molar-refractivity contribution in [2.75, 3.05) is 0 Å². The highest BCUT2D eigenvalue weighted by Gasteiger charge is 2.16. The summed E-state index contributed by atoms with van der Waals surface area (Å²) in [5.74, 6) is -2.47. The maximum Gasteiger partial charge on any atom is 0.335 e. The first-order chi connectivity index (χ1) is 8.04. The molecule has 0 radical (unpaired) electrons. The Labute approximate surface area is 99.2 Å². The smallest absolute Gasteiger partial charge is 0.335 e. The summed E-state index contributed by atoms with van der Waals surface area (Å²) in [6.07, 6.45) is 2.23. The van der Waals surface area contributed by atoms with Crippen LogP contribution in [0.4, 0.5) is 0 Å². The van der Waals surface area contributed by atoms with E-state index in [-0.39, 0.29) is 5.56 Å². The van der Waals surface area contributed by atoms with Gasteiger partial charge in [0.05, 0.1) is 11.5 Å². The van der Waals surface area contributed by atoms with Crippen LogP contribution in [0, 0.1) is 5.92 Å². The van der Waals surface area contributed by atoms with E-state index >= 15 is 0 Å². The summed E-state index contributed by atoms with van der Waals surface area (Å²) in [6, 6.07) is 6.33. The number of aromatic carboxylic acids is 1. The van der Waals surface area contributed by atoms with Crippen molar-refractivity contribution < 1.29 is 19.8 Å². The third kappa shape index (κ3) is 3.75. The van der Waals surface area contributed by atoms with Gasteiger partial charge in [0.25, 0.3) is 0 Å². The fourth-order valence-electron chi connectivity index (χ4n) is 1.59. The summed E-state index contributed by atoms with van der Waals surface area (Å²) >= 11 is 0. The highest BCUT2D eigenvalue weighted by atomic mass is 16.4. The van der Waals surface area contributed by atoms with Crippen LogP contribution in [-0.4, -0.2) is 22.2 Å². The number of hydrogen-bond acceptors (Lipinski definition) is 2. The highest BCUT2D eigenvalue weighted by Crippen LogP contribution is 2.15. The van der Waals surface area contributed by atoms with Crippen molar-refractivity contribution in [3.8, 4) is 0 Å². The van der Waals surface area contributed by atoms with Crippen molar-refractivity contribution in [2.45, 2.75) is 12.8 Å². The zero-order valence-corrected chi connectivity index (χ0v) is 9.30. The Balaban J connectivity index is 2.85. The second-order valence-corrected chi connectivity index (χ2v) is 3.77. The zero-order chi connectivity index (χ0) is 12.8. The van der Waals surface area contributed by atoms with Gasteiger partial charge >= 0.3 is 11.9 Å². The van der Waals surface area contributed by atoms with Crippen molar-refractivity contribution in [2.24, 2.45) is 5.92 Å². The second-order valence-electron chi connectivity index (χ2n) is 3.77. The molecular formula is C13H14O4. The monoisotopic (exact) mass is 234 g/mol. The quantitative estimate of drug-likeness (QED) is 0.740. The molecule has 0 aliphatic heterocycles. The van der Waals surface area contributed by atoms with Gasteiger partial charge in [0, 0.05) is 0 Å². The molecule has 0 saturated carbocycles. The molecule has 1 aromatic carbocycles. The molecular weight excluding hydrogens is 220 g/mol.